The number of β-amino-alcohol motifs (C(OH)–C–C–N with tert-alkyl or cyclic N) is 1. The molecule has 1 aliphatic heterocycles. The van der Waals surface area contributed by atoms with E-state index >= 15 is 0 Å². The highest BCUT2D eigenvalue weighted by Gasteiger charge is 2.22. The van der Waals surface area contributed by atoms with E-state index in [0.29, 0.717) is 29.3 Å². The topological polar surface area (TPSA) is 68.0 Å². The van der Waals surface area contributed by atoms with Crippen LogP contribution in [0.3, 0.4) is 0 Å². The first-order chi connectivity index (χ1) is 17.0. The normalized spacial score (nSPS) is 15.9. The zero-order valence-electron chi connectivity index (χ0n) is 19.1. The Morgan fingerprint density at radius 3 is 2.37 bits per heavy atom. The third-order valence-corrected chi connectivity index (χ3v) is 6.12. The minimum absolute atomic E-state index is 0.0875. The van der Waals surface area contributed by atoms with Gasteiger partial charge in [0.1, 0.15) is 47.6 Å². The second kappa shape index (κ2) is 10.4. The Morgan fingerprint density at radius 2 is 1.63 bits per heavy atom. The Kier molecular flexibility index (Phi) is 6.92. The molecule has 35 heavy (non-hydrogen) atoms. The number of halogens is 2. The highest BCUT2D eigenvalue weighted by molar-refractivity contribution is 5.91. The van der Waals surface area contributed by atoms with Crippen LogP contribution in [0.1, 0.15) is 12.8 Å². The van der Waals surface area contributed by atoms with Crippen LogP contribution in [0.4, 0.5) is 8.78 Å². The van der Waals surface area contributed by atoms with E-state index in [1.165, 1.54) is 24.3 Å². The number of aromatic nitrogens is 1. The van der Waals surface area contributed by atoms with E-state index in [2.05, 4.69) is 10.1 Å². The minimum Gasteiger partial charge on any atom is -0.491 e. The molecule has 1 N–H and O–H groups in total. The van der Waals surface area contributed by atoms with Gasteiger partial charge in [0.2, 0.25) is 0 Å². The summed E-state index contributed by atoms with van der Waals surface area (Å²) in [6.07, 6.45) is 1.15. The van der Waals surface area contributed by atoms with E-state index in [1.807, 2.05) is 24.3 Å². The molecule has 1 fully saturated rings. The third-order valence-electron chi connectivity index (χ3n) is 6.12. The van der Waals surface area contributed by atoms with Crippen molar-refractivity contribution in [2.75, 3.05) is 26.2 Å². The Bertz CT molecular complexity index is 1250. The maximum Gasteiger partial charge on any atom is 0.170 e. The summed E-state index contributed by atoms with van der Waals surface area (Å²) in [7, 11) is 0. The number of hydrogen-bond donors (Lipinski definition) is 1. The summed E-state index contributed by atoms with van der Waals surface area (Å²) in [5.41, 5.74) is 1.86. The van der Waals surface area contributed by atoms with E-state index in [9.17, 15) is 13.9 Å². The van der Waals surface area contributed by atoms with Crippen LogP contribution in [0, 0.1) is 11.6 Å². The summed E-state index contributed by atoms with van der Waals surface area (Å²) in [4.78, 5) is 2.19. The molecule has 4 aromatic rings. The minimum atomic E-state index is -0.626. The lowest BCUT2D eigenvalue weighted by molar-refractivity contribution is 0.0401. The van der Waals surface area contributed by atoms with Crippen LogP contribution < -0.4 is 9.47 Å². The molecule has 3 aromatic carbocycles. The van der Waals surface area contributed by atoms with Gasteiger partial charge in [0, 0.05) is 36.7 Å². The maximum atomic E-state index is 13.4. The summed E-state index contributed by atoms with van der Waals surface area (Å²) in [5.74, 6) is 0.666. The van der Waals surface area contributed by atoms with Crippen LogP contribution in [0.2, 0.25) is 0 Å². The first-order valence-electron chi connectivity index (χ1n) is 11.6. The van der Waals surface area contributed by atoms with Gasteiger partial charge in [0.25, 0.3) is 0 Å². The highest BCUT2D eigenvalue weighted by Crippen LogP contribution is 2.29. The van der Waals surface area contributed by atoms with Crippen molar-refractivity contribution < 1.29 is 27.9 Å². The van der Waals surface area contributed by atoms with Crippen LogP contribution in [0.15, 0.2) is 71.3 Å². The molecule has 1 aromatic heterocycles. The first-order valence-corrected chi connectivity index (χ1v) is 11.6. The molecule has 1 aliphatic rings. The van der Waals surface area contributed by atoms with E-state index in [1.54, 1.807) is 18.2 Å². The highest BCUT2D eigenvalue weighted by atomic mass is 19.1. The van der Waals surface area contributed by atoms with Crippen LogP contribution in [-0.2, 0) is 0 Å². The van der Waals surface area contributed by atoms with E-state index in [4.69, 9.17) is 14.0 Å². The van der Waals surface area contributed by atoms with Gasteiger partial charge in [-0.2, -0.15) is 0 Å². The number of rotatable bonds is 8. The number of benzene rings is 3. The standard InChI is InChI=1S/C27H26F2N2O4/c28-19-3-8-23(9-4-19)34-24-11-13-31(14-12-24)16-21(32)17-33-22-6-1-18(2-7-22)27-25-10-5-20(29)15-26(25)35-30-27/h1-10,15,21,24,32H,11-14,16-17H2/t21-/m0/s1. The van der Waals surface area contributed by atoms with Crippen molar-refractivity contribution in [2.24, 2.45) is 0 Å². The Hall–Kier alpha value is -3.49. The van der Waals surface area contributed by atoms with Crippen LogP contribution in [-0.4, -0.2) is 53.6 Å². The van der Waals surface area contributed by atoms with Crippen molar-refractivity contribution in [1.29, 1.82) is 0 Å². The Balaban J connectivity index is 1.07. The summed E-state index contributed by atoms with van der Waals surface area (Å²) in [6.45, 7) is 2.32. The molecule has 0 amide bonds. The molecule has 0 saturated carbocycles. The molecule has 1 atom stereocenters. The predicted octanol–water partition coefficient (Wildman–Crippen LogP) is 5.06. The zero-order valence-corrected chi connectivity index (χ0v) is 19.1. The predicted molar refractivity (Wildman–Crippen MR) is 127 cm³/mol. The molecule has 8 heteroatoms. The smallest absolute Gasteiger partial charge is 0.170 e. The number of aliphatic hydroxyl groups excluding tert-OH is 1. The van der Waals surface area contributed by atoms with Gasteiger partial charge in [-0.25, -0.2) is 8.78 Å². The van der Waals surface area contributed by atoms with Crippen molar-refractivity contribution in [3.05, 3.63) is 78.4 Å². The van der Waals surface area contributed by atoms with Gasteiger partial charge in [-0.05, 0) is 73.5 Å². The second-order valence-corrected chi connectivity index (χ2v) is 8.73. The number of aliphatic hydroxyl groups is 1. The third kappa shape index (κ3) is 5.78. The lowest BCUT2D eigenvalue weighted by Crippen LogP contribution is -2.43. The van der Waals surface area contributed by atoms with Crippen molar-refractivity contribution >= 4 is 11.0 Å². The number of hydrogen-bond acceptors (Lipinski definition) is 6. The first kappa shape index (κ1) is 23.3. The molecule has 0 spiro atoms. The fraction of sp³-hybridized carbons (Fsp3) is 0.296. The fourth-order valence-electron chi connectivity index (χ4n) is 4.29. The molecule has 0 unspecified atom stereocenters. The molecule has 5 rings (SSSR count). The summed E-state index contributed by atoms with van der Waals surface area (Å²) < 4.78 is 43.3. The van der Waals surface area contributed by atoms with Gasteiger partial charge in [-0.15, -0.1) is 0 Å². The quantitative estimate of drug-likeness (QED) is 0.381. The lowest BCUT2D eigenvalue weighted by Gasteiger charge is -2.33. The molecular formula is C27H26F2N2O4. The van der Waals surface area contributed by atoms with Crippen molar-refractivity contribution in [2.45, 2.75) is 25.0 Å². The average molecular weight is 481 g/mol. The monoisotopic (exact) mass is 480 g/mol. The molecule has 0 radical (unpaired) electrons. The van der Waals surface area contributed by atoms with Crippen LogP contribution in [0.25, 0.3) is 22.2 Å². The van der Waals surface area contributed by atoms with Crippen LogP contribution in [0.5, 0.6) is 11.5 Å². The number of piperidine rings is 1. The second-order valence-electron chi connectivity index (χ2n) is 8.73. The maximum absolute atomic E-state index is 13.4. The lowest BCUT2D eigenvalue weighted by atomic mass is 10.1. The Morgan fingerprint density at radius 1 is 0.943 bits per heavy atom. The SMILES string of the molecule is O[C@H](COc1ccc(-c2noc3cc(F)ccc23)cc1)CN1CCC(Oc2ccc(F)cc2)CC1. The number of nitrogens with zero attached hydrogens (tertiary/aromatic N) is 2. The van der Waals surface area contributed by atoms with Crippen molar-refractivity contribution in [3.8, 4) is 22.8 Å². The van der Waals surface area contributed by atoms with Crippen LogP contribution >= 0.6 is 0 Å². The number of ether oxygens (including phenoxy) is 2. The molecule has 0 bridgehead atoms. The van der Waals surface area contributed by atoms with Crippen molar-refractivity contribution in [1.82, 2.24) is 10.1 Å². The summed E-state index contributed by atoms with van der Waals surface area (Å²) >= 11 is 0. The van der Waals surface area contributed by atoms with Gasteiger partial charge in [0.15, 0.2) is 5.58 Å². The van der Waals surface area contributed by atoms with Gasteiger partial charge >= 0.3 is 0 Å². The van der Waals surface area contributed by atoms with Gasteiger partial charge in [-0.3, -0.25) is 0 Å². The summed E-state index contributed by atoms with van der Waals surface area (Å²) in [6, 6.07) is 17.7. The molecule has 182 valence electrons. The molecule has 0 aliphatic carbocycles. The molecule has 6 nitrogen and oxygen atoms in total. The van der Waals surface area contributed by atoms with E-state index in [0.717, 1.165) is 36.9 Å². The van der Waals surface area contributed by atoms with Crippen molar-refractivity contribution in [3.63, 3.8) is 0 Å². The number of fused-ring (bicyclic) bond motifs is 1. The largest absolute Gasteiger partial charge is 0.491 e. The zero-order chi connectivity index (χ0) is 24.2. The van der Waals surface area contributed by atoms with Gasteiger partial charge in [-0.1, -0.05) is 5.16 Å². The summed E-state index contributed by atoms with van der Waals surface area (Å²) in [5, 5.41) is 15.2. The van der Waals surface area contributed by atoms with E-state index in [-0.39, 0.29) is 24.3 Å². The Labute approximate surface area is 201 Å². The fourth-order valence-corrected chi connectivity index (χ4v) is 4.29. The average Bonchev–Trinajstić information content (AvgIpc) is 3.29. The number of likely N-dealkylation sites (tertiary alicyclic amines) is 1. The van der Waals surface area contributed by atoms with Gasteiger partial charge < -0.3 is 24.0 Å². The van der Waals surface area contributed by atoms with E-state index < -0.39 is 6.10 Å². The molecular weight excluding hydrogens is 454 g/mol. The molecule has 1 saturated heterocycles. The molecule has 2 heterocycles. The van der Waals surface area contributed by atoms with Gasteiger partial charge in [0.05, 0.1) is 0 Å².